The zero-order valence-corrected chi connectivity index (χ0v) is 16.7. The van der Waals surface area contributed by atoms with E-state index in [9.17, 15) is 13.2 Å². The van der Waals surface area contributed by atoms with Crippen molar-refractivity contribution in [3.63, 3.8) is 0 Å². The normalized spacial score (nSPS) is 25.5. The maximum absolute atomic E-state index is 12.6. The SMILES string of the molecule is NC1(CC(=O)CCC2CC(S(=O)(=O)c3cccc(Cl)c3)C2)CCCCC1. The van der Waals surface area contributed by atoms with Gasteiger partial charge in [-0.05, 0) is 56.2 Å². The molecule has 0 aromatic heterocycles. The molecule has 2 fully saturated rings. The Hall–Kier alpha value is -0.910. The highest BCUT2D eigenvalue weighted by atomic mass is 35.5. The molecule has 2 aliphatic rings. The molecule has 6 heteroatoms. The summed E-state index contributed by atoms with van der Waals surface area (Å²) >= 11 is 5.91. The lowest BCUT2D eigenvalue weighted by atomic mass is 9.77. The molecule has 3 rings (SSSR count). The van der Waals surface area contributed by atoms with E-state index in [4.69, 9.17) is 17.3 Å². The van der Waals surface area contributed by atoms with E-state index in [-0.39, 0.29) is 16.6 Å². The predicted octanol–water partition coefficient (Wildman–Crippen LogP) is 4.29. The molecule has 1 aromatic carbocycles. The lowest BCUT2D eigenvalue weighted by Crippen LogP contribution is -2.43. The first-order valence-electron chi connectivity index (χ1n) is 9.59. The molecule has 2 saturated carbocycles. The van der Waals surface area contributed by atoms with Gasteiger partial charge in [-0.3, -0.25) is 4.79 Å². The standard InChI is InChI=1S/C20H28ClNO3S/c21-16-5-4-6-18(13-16)26(24,25)19-11-15(12-19)7-8-17(23)14-20(22)9-2-1-3-10-20/h4-6,13,15,19H,1-3,7-12,14,22H2. The van der Waals surface area contributed by atoms with Gasteiger partial charge >= 0.3 is 0 Å². The molecular weight excluding hydrogens is 370 g/mol. The molecule has 0 atom stereocenters. The van der Waals surface area contributed by atoms with Crippen LogP contribution in [0.4, 0.5) is 0 Å². The van der Waals surface area contributed by atoms with Gasteiger partial charge in [-0.15, -0.1) is 0 Å². The number of carbonyl (C=O) groups is 1. The van der Waals surface area contributed by atoms with Crippen molar-refractivity contribution >= 4 is 27.2 Å². The van der Waals surface area contributed by atoms with Crippen molar-refractivity contribution in [3.8, 4) is 0 Å². The summed E-state index contributed by atoms with van der Waals surface area (Å²) in [5, 5.41) is 0.0891. The molecule has 0 radical (unpaired) electrons. The third kappa shape index (κ3) is 4.68. The Kier molecular flexibility index (Phi) is 6.10. The molecule has 2 N–H and O–H groups in total. The number of ketones is 1. The molecule has 0 heterocycles. The van der Waals surface area contributed by atoms with Gasteiger partial charge in [-0.25, -0.2) is 8.42 Å². The molecule has 1 aromatic rings. The Morgan fingerprint density at radius 2 is 1.88 bits per heavy atom. The summed E-state index contributed by atoms with van der Waals surface area (Å²) in [7, 11) is -3.32. The van der Waals surface area contributed by atoms with E-state index >= 15 is 0 Å². The number of Topliss-reactive ketones (excluding diaryl/α,β-unsaturated/α-hetero) is 1. The van der Waals surface area contributed by atoms with E-state index in [1.54, 1.807) is 18.2 Å². The summed E-state index contributed by atoms with van der Waals surface area (Å²) in [6.07, 6.45) is 8.40. The van der Waals surface area contributed by atoms with E-state index in [1.807, 2.05) is 0 Å². The minimum absolute atomic E-state index is 0.232. The van der Waals surface area contributed by atoms with Gasteiger partial charge in [-0.1, -0.05) is 36.9 Å². The van der Waals surface area contributed by atoms with Crippen LogP contribution in [-0.2, 0) is 14.6 Å². The summed E-state index contributed by atoms with van der Waals surface area (Å²) in [5.41, 5.74) is 6.06. The number of sulfone groups is 1. The van der Waals surface area contributed by atoms with Gasteiger partial charge in [0.05, 0.1) is 10.1 Å². The summed E-state index contributed by atoms with van der Waals surface area (Å²) in [5.74, 6) is 0.550. The first-order valence-corrected chi connectivity index (χ1v) is 11.5. The van der Waals surface area contributed by atoms with Gasteiger partial charge < -0.3 is 5.73 Å². The van der Waals surface area contributed by atoms with Crippen LogP contribution in [-0.4, -0.2) is 25.0 Å². The number of benzene rings is 1. The van der Waals surface area contributed by atoms with Crippen molar-refractivity contribution in [1.82, 2.24) is 0 Å². The first-order chi connectivity index (χ1) is 12.3. The highest BCUT2D eigenvalue weighted by Crippen LogP contribution is 2.39. The predicted molar refractivity (Wildman–Crippen MR) is 104 cm³/mol. The van der Waals surface area contributed by atoms with Crippen molar-refractivity contribution in [2.24, 2.45) is 11.7 Å². The van der Waals surface area contributed by atoms with Crippen molar-refractivity contribution < 1.29 is 13.2 Å². The third-order valence-electron chi connectivity index (χ3n) is 5.99. The Morgan fingerprint density at radius 1 is 1.19 bits per heavy atom. The molecular formula is C20H28ClNO3S. The van der Waals surface area contributed by atoms with Gasteiger partial charge in [0.2, 0.25) is 0 Å². The largest absolute Gasteiger partial charge is 0.325 e. The van der Waals surface area contributed by atoms with E-state index < -0.39 is 9.84 Å². The van der Waals surface area contributed by atoms with Gasteiger partial charge in [0.25, 0.3) is 0 Å². The molecule has 0 saturated heterocycles. The van der Waals surface area contributed by atoms with Gasteiger partial charge in [-0.2, -0.15) is 0 Å². The molecule has 2 aliphatic carbocycles. The summed E-state index contributed by atoms with van der Waals surface area (Å²) in [6, 6.07) is 6.45. The highest BCUT2D eigenvalue weighted by Gasteiger charge is 2.39. The maximum Gasteiger partial charge on any atom is 0.181 e. The van der Waals surface area contributed by atoms with E-state index in [2.05, 4.69) is 0 Å². The van der Waals surface area contributed by atoms with Crippen LogP contribution in [0.1, 0.15) is 64.2 Å². The number of rotatable bonds is 7. The second-order valence-corrected chi connectivity index (χ2v) is 10.8. The number of hydrogen-bond donors (Lipinski definition) is 1. The molecule has 4 nitrogen and oxygen atoms in total. The number of halogens is 1. The second-order valence-electron chi connectivity index (χ2n) is 8.14. The third-order valence-corrected chi connectivity index (χ3v) is 8.39. The summed E-state index contributed by atoms with van der Waals surface area (Å²) < 4.78 is 25.2. The molecule has 0 spiro atoms. The molecule has 0 unspecified atom stereocenters. The smallest absolute Gasteiger partial charge is 0.181 e. The minimum atomic E-state index is -3.32. The fourth-order valence-electron chi connectivity index (χ4n) is 4.28. The number of hydrogen-bond acceptors (Lipinski definition) is 4. The molecule has 0 aliphatic heterocycles. The topological polar surface area (TPSA) is 77.2 Å². The van der Waals surface area contributed by atoms with Crippen molar-refractivity contribution in [1.29, 1.82) is 0 Å². The lowest BCUT2D eigenvalue weighted by Gasteiger charge is -2.35. The Balaban J connectivity index is 1.44. The number of nitrogens with two attached hydrogens (primary N) is 1. The summed E-state index contributed by atoms with van der Waals surface area (Å²) in [6.45, 7) is 0. The van der Waals surface area contributed by atoms with Gasteiger partial charge in [0.15, 0.2) is 9.84 Å². The van der Waals surface area contributed by atoms with Crippen LogP contribution in [0.3, 0.4) is 0 Å². The van der Waals surface area contributed by atoms with Crippen LogP contribution < -0.4 is 5.73 Å². The average Bonchev–Trinajstić information content (AvgIpc) is 2.53. The van der Waals surface area contributed by atoms with E-state index in [1.165, 1.54) is 12.5 Å². The Labute approximate surface area is 161 Å². The van der Waals surface area contributed by atoms with E-state index in [0.717, 1.165) is 32.1 Å². The van der Waals surface area contributed by atoms with Crippen LogP contribution in [0.25, 0.3) is 0 Å². The number of carbonyl (C=O) groups excluding carboxylic acids is 1. The van der Waals surface area contributed by atoms with Crippen LogP contribution >= 0.6 is 11.6 Å². The van der Waals surface area contributed by atoms with Crippen molar-refractivity contribution in [2.45, 2.75) is 79.9 Å². The van der Waals surface area contributed by atoms with Gasteiger partial charge in [0.1, 0.15) is 5.78 Å². The minimum Gasteiger partial charge on any atom is -0.325 e. The zero-order chi connectivity index (χ0) is 18.8. The van der Waals surface area contributed by atoms with Crippen LogP contribution in [0.2, 0.25) is 5.02 Å². The fraction of sp³-hybridized carbons (Fsp3) is 0.650. The highest BCUT2D eigenvalue weighted by molar-refractivity contribution is 7.92. The van der Waals surface area contributed by atoms with Crippen LogP contribution in [0.15, 0.2) is 29.2 Å². The Morgan fingerprint density at radius 3 is 2.54 bits per heavy atom. The maximum atomic E-state index is 12.6. The monoisotopic (exact) mass is 397 g/mol. The van der Waals surface area contributed by atoms with Crippen LogP contribution in [0, 0.1) is 5.92 Å². The molecule has 144 valence electrons. The zero-order valence-electron chi connectivity index (χ0n) is 15.1. The van der Waals surface area contributed by atoms with Crippen molar-refractivity contribution in [3.05, 3.63) is 29.3 Å². The molecule has 0 amide bonds. The second kappa shape index (κ2) is 7.99. The Bertz CT molecular complexity index is 750. The first kappa shape index (κ1) is 19.8. The lowest BCUT2D eigenvalue weighted by molar-refractivity contribution is -0.120. The van der Waals surface area contributed by atoms with Crippen LogP contribution in [0.5, 0.6) is 0 Å². The quantitative estimate of drug-likeness (QED) is 0.744. The molecule has 26 heavy (non-hydrogen) atoms. The molecule has 0 bridgehead atoms. The van der Waals surface area contributed by atoms with E-state index in [0.29, 0.717) is 41.5 Å². The summed E-state index contributed by atoms with van der Waals surface area (Å²) in [4.78, 5) is 12.6. The van der Waals surface area contributed by atoms with Gasteiger partial charge in [0, 0.05) is 23.4 Å². The van der Waals surface area contributed by atoms with Crippen molar-refractivity contribution in [2.75, 3.05) is 0 Å². The fourth-order valence-corrected chi connectivity index (χ4v) is 6.53. The average molecular weight is 398 g/mol.